The van der Waals surface area contributed by atoms with Gasteiger partial charge in [0.05, 0.1) is 5.69 Å². The van der Waals surface area contributed by atoms with Crippen molar-refractivity contribution in [3.05, 3.63) is 52.6 Å². The molecule has 2 heterocycles. The molecule has 0 unspecified atom stereocenters. The Labute approximate surface area is 135 Å². The van der Waals surface area contributed by atoms with E-state index in [1.807, 2.05) is 12.1 Å². The van der Waals surface area contributed by atoms with Gasteiger partial charge in [0.25, 0.3) is 0 Å². The number of nitrogen functional groups attached to an aromatic ring is 1. The second-order valence-electron chi connectivity index (χ2n) is 6.34. The molecule has 1 aromatic carbocycles. The Morgan fingerprint density at radius 3 is 2.65 bits per heavy atom. The van der Waals surface area contributed by atoms with Crippen molar-refractivity contribution >= 4 is 5.82 Å². The fraction of sp³-hybridized carbons (Fsp3) is 0.412. The number of rotatable bonds is 3. The maximum Gasteiger partial charge on any atom is 0.354 e. The van der Waals surface area contributed by atoms with Crippen LogP contribution in [-0.4, -0.2) is 33.6 Å². The van der Waals surface area contributed by atoms with E-state index in [1.54, 1.807) is 12.3 Å². The summed E-state index contributed by atoms with van der Waals surface area (Å²) < 4.78 is 1.49. The lowest BCUT2D eigenvalue weighted by atomic mass is 9.94. The number of nitrogens with two attached hydrogens (primary N) is 2. The predicted molar refractivity (Wildman–Crippen MR) is 91.3 cm³/mol. The van der Waals surface area contributed by atoms with Gasteiger partial charge in [-0.1, -0.05) is 19.1 Å². The SMILES string of the molecule is C[C@H]1CN(Cc2ccc(-n3ccc(N)nc3=O)cc2)CC[C@H]1N. The molecule has 122 valence electrons. The molecule has 0 amide bonds. The normalized spacial score (nSPS) is 22.2. The second-order valence-corrected chi connectivity index (χ2v) is 6.34. The molecule has 0 saturated carbocycles. The molecule has 1 aliphatic rings. The van der Waals surface area contributed by atoms with Gasteiger partial charge in [-0.2, -0.15) is 4.98 Å². The van der Waals surface area contributed by atoms with E-state index in [0.29, 0.717) is 12.0 Å². The van der Waals surface area contributed by atoms with E-state index < -0.39 is 0 Å². The molecule has 0 aliphatic carbocycles. The van der Waals surface area contributed by atoms with Gasteiger partial charge in [0.1, 0.15) is 5.82 Å². The van der Waals surface area contributed by atoms with Crippen molar-refractivity contribution in [1.29, 1.82) is 0 Å². The topological polar surface area (TPSA) is 90.2 Å². The summed E-state index contributed by atoms with van der Waals surface area (Å²) in [5.74, 6) is 0.766. The second kappa shape index (κ2) is 6.52. The molecular formula is C17H23N5O. The molecule has 23 heavy (non-hydrogen) atoms. The minimum atomic E-state index is -0.364. The molecule has 0 radical (unpaired) electrons. The van der Waals surface area contributed by atoms with E-state index in [4.69, 9.17) is 11.5 Å². The third-order valence-electron chi connectivity index (χ3n) is 4.50. The summed E-state index contributed by atoms with van der Waals surface area (Å²) in [6, 6.07) is 9.92. The summed E-state index contributed by atoms with van der Waals surface area (Å²) in [5.41, 5.74) is 13.2. The Morgan fingerprint density at radius 1 is 1.26 bits per heavy atom. The Hall–Kier alpha value is -2.18. The van der Waals surface area contributed by atoms with Crippen LogP contribution in [0.2, 0.25) is 0 Å². The summed E-state index contributed by atoms with van der Waals surface area (Å²) in [6.07, 6.45) is 2.69. The van der Waals surface area contributed by atoms with Crippen molar-refractivity contribution in [2.45, 2.75) is 25.9 Å². The van der Waals surface area contributed by atoms with Gasteiger partial charge in [0.15, 0.2) is 0 Å². The first-order chi connectivity index (χ1) is 11.0. The zero-order chi connectivity index (χ0) is 16.4. The highest BCUT2D eigenvalue weighted by Gasteiger charge is 2.22. The van der Waals surface area contributed by atoms with E-state index in [1.165, 1.54) is 10.1 Å². The summed E-state index contributed by atoms with van der Waals surface area (Å²) in [7, 11) is 0. The van der Waals surface area contributed by atoms with Gasteiger partial charge < -0.3 is 11.5 Å². The van der Waals surface area contributed by atoms with Gasteiger partial charge in [-0.05, 0) is 42.6 Å². The van der Waals surface area contributed by atoms with Crippen molar-refractivity contribution in [3.8, 4) is 5.69 Å². The average Bonchev–Trinajstić information content (AvgIpc) is 2.52. The van der Waals surface area contributed by atoms with E-state index in [0.717, 1.165) is 31.7 Å². The lowest BCUT2D eigenvalue weighted by Crippen LogP contribution is -2.45. The van der Waals surface area contributed by atoms with Crippen LogP contribution < -0.4 is 17.2 Å². The highest BCUT2D eigenvalue weighted by atomic mass is 16.1. The quantitative estimate of drug-likeness (QED) is 0.881. The van der Waals surface area contributed by atoms with Gasteiger partial charge in [-0.15, -0.1) is 0 Å². The van der Waals surface area contributed by atoms with E-state index >= 15 is 0 Å². The lowest BCUT2D eigenvalue weighted by molar-refractivity contribution is 0.158. The molecule has 6 heteroatoms. The van der Waals surface area contributed by atoms with Crippen molar-refractivity contribution in [1.82, 2.24) is 14.5 Å². The van der Waals surface area contributed by atoms with Crippen LogP contribution in [0.25, 0.3) is 5.69 Å². The number of aromatic nitrogens is 2. The van der Waals surface area contributed by atoms with Gasteiger partial charge in [0, 0.05) is 25.3 Å². The fourth-order valence-corrected chi connectivity index (χ4v) is 3.03. The first-order valence-electron chi connectivity index (χ1n) is 7.95. The predicted octanol–water partition coefficient (Wildman–Crippen LogP) is 0.984. The van der Waals surface area contributed by atoms with Gasteiger partial charge in [0.2, 0.25) is 0 Å². The molecule has 3 rings (SSSR count). The van der Waals surface area contributed by atoms with Gasteiger partial charge >= 0.3 is 5.69 Å². The number of nitrogens with zero attached hydrogens (tertiary/aromatic N) is 3. The number of piperidine rings is 1. The molecule has 2 atom stereocenters. The molecule has 0 spiro atoms. The third-order valence-corrected chi connectivity index (χ3v) is 4.50. The molecular weight excluding hydrogens is 290 g/mol. The average molecular weight is 313 g/mol. The summed E-state index contributed by atoms with van der Waals surface area (Å²) in [6.45, 7) is 5.19. The number of hydrogen-bond donors (Lipinski definition) is 2. The summed E-state index contributed by atoms with van der Waals surface area (Å²) >= 11 is 0. The third kappa shape index (κ3) is 3.60. The van der Waals surface area contributed by atoms with Crippen molar-refractivity contribution in [2.75, 3.05) is 18.8 Å². The maximum absolute atomic E-state index is 11.9. The fourth-order valence-electron chi connectivity index (χ4n) is 3.03. The first-order valence-corrected chi connectivity index (χ1v) is 7.95. The van der Waals surface area contributed by atoms with Crippen LogP contribution >= 0.6 is 0 Å². The number of hydrogen-bond acceptors (Lipinski definition) is 5. The lowest BCUT2D eigenvalue weighted by Gasteiger charge is -2.35. The minimum absolute atomic E-state index is 0.236. The van der Waals surface area contributed by atoms with Gasteiger partial charge in [-0.3, -0.25) is 9.47 Å². The number of benzene rings is 1. The Bertz CT molecular complexity index is 725. The smallest absolute Gasteiger partial charge is 0.354 e. The first kappa shape index (κ1) is 15.7. The largest absolute Gasteiger partial charge is 0.383 e. The molecule has 4 N–H and O–H groups in total. The van der Waals surface area contributed by atoms with Crippen LogP contribution in [0, 0.1) is 5.92 Å². The van der Waals surface area contributed by atoms with Crippen LogP contribution in [0.15, 0.2) is 41.3 Å². The molecule has 1 aromatic heterocycles. The summed E-state index contributed by atoms with van der Waals surface area (Å²) in [5, 5.41) is 0. The molecule has 0 bridgehead atoms. The number of likely N-dealkylation sites (tertiary alicyclic amines) is 1. The van der Waals surface area contributed by atoms with Crippen LogP contribution in [-0.2, 0) is 6.54 Å². The Kier molecular flexibility index (Phi) is 4.45. The highest BCUT2D eigenvalue weighted by molar-refractivity contribution is 5.36. The molecule has 6 nitrogen and oxygen atoms in total. The summed E-state index contributed by atoms with van der Waals surface area (Å²) in [4.78, 5) is 18.0. The van der Waals surface area contributed by atoms with Crippen molar-refractivity contribution in [2.24, 2.45) is 11.7 Å². The van der Waals surface area contributed by atoms with E-state index in [9.17, 15) is 4.79 Å². The Balaban J connectivity index is 1.71. The van der Waals surface area contributed by atoms with E-state index in [2.05, 4.69) is 28.9 Å². The molecule has 1 fully saturated rings. The zero-order valence-corrected chi connectivity index (χ0v) is 13.4. The molecule has 2 aromatic rings. The number of anilines is 1. The molecule has 1 aliphatic heterocycles. The molecule has 1 saturated heterocycles. The highest BCUT2D eigenvalue weighted by Crippen LogP contribution is 2.18. The van der Waals surface area contributed by atoms with Crippen molar-refractivity contribution < 1.29 is 0 Å². The van der Waals surface area contributed by atoms with Crippen LogP contribution in [0.1, 0.15) is 18.9 Å². The maximum atomic E-state index is 11.9. The van der Waals surface area contributed by atoms with Crippen LogP contribution in [0.3, 0.4) is 0 Å². The zero-order valence-electron chi connectivity index (χ0n) is 13.4. The van der Waals surface area contributed by atoms with E-state index in [-0.39, 0.29) is 11.5 Å². The monoisotopic (exact) mass is 313 g/mol. The van der Waals surface area contributed by atoms with Gasteiger partial charge in [-0.25, -0.2) is 4.79 Å². The standard InChI is InChI=1S/C17H23N5O/c1-12-10-21(8-6-15(12)18)11-13-2-4-14(5-3-13)22-9-7-16(19)20-17(22)23/h2-5,7,9,12,15H,6,8,10-11,18H2,1H3,(H2,19,20,23)/t12-,15+/m0/s1. The van der Waals surface area contributed by atoms with Crippen molar-refractivity contribution in [3.63, 3.8) is 0 Å². The Morgan fingerprint density at radius 2 is 2.00 bits per heavy atom. The van der Waals surface area contributed by atoms with Crippen LogP contribution in [0.5, 0.6) is 0 Å². The minimum Gasteiger partial charge on any atom is -0.383 e. The van der Waals surface area contributed by atoms with Crippen LogP contribution in [0.4, 0.5) is 5.82 Å².